The second-order valence-electron chi connectivity index (χ2n) is 8.44. The van der Waals surface area contributed by atoms with Crippen LogP contribution in [0.4, 0.5) is 18.9 Å². The van der Waals surface area contributed by atoms with Crippen LogP contribution in [0.25, 0.3) is 0 Å². The molecule has 10 heteroatoms. The number of amides is 1. The lowest BCUT2D eigenvalue weighted by Gasteiger charge is -2.32. The third-order valence-corrected chi connectivity index (χ3v) is 8.08. The number of nitrogens with zero attached hydrogens (tertiary/aromatic N) is 3. The first-order valence-electron chi connectivity index (χ1n) is 11.4. The zero-order chi connectivity index (χ0) is 23.4. The van der Waals surface area contributed by atoms with E-state index in [1.807, 2.05) is 4.90 Å². The molecule has 1 amide bonds. The van der Waals surface area contributed by atoms with E-state index in [-0.39, 0.29) is 17.0 Å². The molecule has 0 unspecified atom stereocenters. The van der Waals surface area contributed by atoms with E-state index in [9.17, 15) is 26.4 Å². The van der Waals surface area contributed by atoms with E-state index in [0.29, 0.717) is 18.8 Å². The van der Waals surface area contributed by atoms with Gasteiger partial charge in [-0.15, -0.1) is 0 Å². The molecule has 0 saturated carbocycles. The molecule has 2 heterocycles. The van der Waals surface area contributed by atoms with Crippen molar-refractivity contribution in [2.24, 2.45) is 0 Å². The molecular weight excluding hydrogens is 443 g/mol. The van der Waals surface area contributed by atoms with Crippen molar-refractivity contribution in [3.8, 4) is 0 Å². The molecule has 1 aromatic carbocycles. The average molecular weight is 476 g/mol. The van der Waals surface area contributed by atoms with Gasteiger partial charge >= 0.3 is 6.18 Å². The summed E-state index contributed by atoms with van der Waals surface area (Å²) < 4.78 is 66.2. The third-order valence-electron chi connectivity index (χ3n) is 6.18. The largest absolute Gasteiger partial charge is 0.390 e. The number of alkyl halides is 3. The van der Waals surface area contributed by atoms with Crippen LogP contribution in [0.2, 0.25) is 0 Å². The Balaban J connectivity index is 1.97. The van der Waals surface area contributed by atoms with Gasteiger partial charge in [-0.3, -0.25) is 4.79 Å². The van der Waals surface area contributed by atoms with Crippen molar-refractivity contribution >= 4 is 21.6 Å². The van der Waals surface area contributed by atoms with Crippen molar-refractivity contribution in [1.82, 2.24) is 9.21 Å². The molecule has 32 heavy (non-hydrogen) atoms. The molecule has 180 valence electrons. The second-order valence-corrected chi connectivity index (χ2v) is 10.4. The minimum Gasteiger partial charge on any atom is -0.371 e. The van der Waals surface area contributed by atoms with E-state index >= 15 is 0 Å². The quantitative estimate of drug-likeness (QED) is 0.591. The summed E-state index contributed by atoms with van der Waals surface area (Å²) in [6.07, 6.45) is 0.0678. The van der Waals surface area contributed by atoms with Gasteiger partial charge in [0.2, 0.25) is 10.0 Å². The van der Waals surface area contributed by atoms with Gasteiger partial charge in [0.1, 0.15) is 0 Å². The van der Waals surface area contributed by atoms with Gasteiger partial charge in [-0.1, -0.05) is 6.42 Å². The first kappa shape index (κ1) is 24.8. The van der Waals surface area contributed by atoms with Crippen LogP contribution in [-0.4, -0.2) is 69.0 Å². The maximum atomic E-state index is 13.3. The van der Waals surface area contributed by atoms with E-state index in [1.165, 1.54) is 16.4 Å². The van der Waals surface area contributed by atoms with Crippen LogP contribution in [0.3, 0.4) is 0 Å². The molecule has 0 radical (unpaired) electrons. The molecule has 6 nitrogen and oxygen atoms in total. The summed E-state index contributed by atoms with van der Waals surface area (Å²) in [5.41, 5.74) is 0.756. The summed E-state index contributed by atoms with van der Waals surface area (Å²) in [6, 6.07) is 4.54. The van der Waals surface area contributed by atoms with Gasteiger partial charge in [-0.05, 0) is 57.2 Å². The summed E-state index contributed by atoms with van der Waals surface area (Å²) >= 11 is 0. The molecule has 0 bridgehead atoms. The van der Waals surface area contributed by atoms with E-state index in [1.54, 1.807) is 13.0 Å². The number of carbonyl (C=O) groups excluding carboxylic acids is 1. The Morgan fingerprint density at radius 2 is 1.59 bits per heavy atom. The molecule has 1 aromatic rings. The Labute approximate surface area is 188 Å². The molecule has 0 aliphatic carbocycles. The van der Waals surface area contributed by atoms with E-state index in [4.69, 9.17) is 0 Å². The van der Waals surface area contributed by atoms with Crippen LogP contribution in [0.15, 0.2) is 23.1 Å². The first-order chi connectivity index (χ1) is 15.1. The van der Waals surface area contributed by atoms with Gasteiger partial charge < -0.3 is 9.80 Å². The lowest BCUT2D eigenvalue weighted by Crippen LogP contribution is -2.38. The van der Waals surface area contributed by atoms with Crippen molar-refractivity contribution in [1.29, 1.82) is 0 Å². The minimum atomic E-state index is -4.37. The highest BCUT2D eigenvalue weighted by Crippen LogP contribution is 2.30. The predicted octanol–water partition coefficient (Wildman–Crippen LogP) is 4.27. The minimum absolute atomic E-state index is 0.0235. The van der Waals surface area contributed by atoms with Crippen LogP contribution in [0.5, 0.6) is 0 Å². The average Bonchev–Trinajstić information content (AvgIpc) is 2.79. The molecule has 0 N–H and O–H groups in total. The normalized spacial score (nSPS) is 18.6. The summed E-state index contributed by atoms with van der Waals surface area (Å²) in [5, 5.41) is 0. The Kier molecular flexibility index (Phi) is 8.08. The molecule has 2 aliphatic rings. The Morgan fingerprint density at radius 3 is 2.16 bits per heavy atom. The number of benzene rings is 1. The Hall–Kier alpha value is -1.81. The van der Waals surface area contributed by atoms with Crippen LogP contribution < -0.4 is 4.90 Å². The highest BCUT2D eigenvalue weighted by atomic mass is 32.2. The van der Waals surface area contributed by atoms with Crippen molar-refractivity contribution < 1.29 is 26.4 Å². The second kappa shape index (κ2) is 10.4. The predicted molar refractivity (Wildman–Crippen MR) is 117 cm³/mol. The topological polar surface area (TPSA) is 60.9 Å². The highest BCUT2D eigenvalue weighted by molar-refractivity contribution is 7.89. The standard InChI is InChI=1S/C22H32F3N3O3S/c1-2-26(16-11-22(23,24)25)21(29)19-17-18(32(30,31)28-14-7-4-8-15-28)9-10-20(19)27-12-5-3-6-13-27/h9-10,17H,2-8,11-16H2,1H3. The van der Waals surface area contributed by atoms with Crippen molar-refractivity contribution in [3.05, 3.63) is 23.8 Å². The van der Waals surface area contributed by atoms with Gasteiger partial charge in [0.25, 0.3) is 5.91 Å². The zero-order valence-corrected chi connectivity index (χ0v) is 19.3. The fraction of sp³-hybridized carbons (Fsp3) is 0.682. The van der Waals surface area contributed by atoms with Gasteiger partial charge in [0.15, 0.2) is 0 Å². The SMILES string of the molecule is CCN(CCC(F)(F)F)C(=O)c1cc(S(=O)(=O)N2CCCCC2)ccc1N1CCCCC1. The fourth-order valence-electron chi connectivity index (χ4n) is 4.35. The van der Waals surface area contributed by atoms with Gasteiger partial charge in [0.05, 0.1) is 16.9 Å². The molecule has 3 rings (SSSR count). The summed E-state index contributed by atoms with van der Waals surface area (Å²) in [6.45, 7) is 3.61. The molecule has 2 fully saturated rings. The number of sulfonamides is 1. The number of piperidine rings is 2. The number of rotatable bonds is 7. The Bertz CT molecular complexity index is 893. The van der Waals surface area contributed by atoms with E-state index in [2.05, 4.69) is 0 Å². The van der Waals surface area contributed by atoms with Crippen LogP contribution in [0.1, 0.15) is 62.2 Å². The van der Waals surface area contributed by atoms with E-state index < -0.39 is 35.1 Å². The third kappa shape index (κ3) is 5.95. The monoisotopic (exact) mass is 475 g/mol. The molecule has 2 aliphatic heterocycles. The van der Waals surface area contributed by atoms with E-state index in [0.717, 1.165) is 56.5 Å². The maximum Gasteiger partial charge on any atom is 0.390 e. The lowest BCUT2D eigenvalue weighted by molar-refractivity contribution is -0.136. The summed E-state index contributed by atoms with van der Waals surface area (Å²) in [4.78, 5) is 16.5. The molecular formula is C22H32F3N3O3S. The molecule has 0 atom stereocenters. The van der Waals surface area contributed by atoms with Gasteiger partial charge in [-0.25, -0.2) is 8.42 Å². The summed E-state index contributed by atoms with van der Waals surface area (Å²) in [5.74, 6) is -0.562. The van der Waals surface area contributed by atoms with Crippen molar-refractivity contribution in [2.75, 3.05) is 44.2 Å². The number of carbonyl (C=O) groups is 1. The number of anilines is 1. The first-order valence-corrected chi connectivity index (χ1v) is 12.8. The van der Waals surface area contributed by atoms with Crippen molar-refractivity contribution in [3.63, 3.8) is 0 Å². The van der Waals surface area contributed by atoms with Crippen LogP contribution in [-0.2, 0) is 10.0 Å². The van der Waals surface area contributed by atoms with Gasteiger partial charge in [0, 0.05) is 45.0 Å². The van der Waals surface area contributed by atoms with Crippen LogP contribution in [0, 0.1) is 0 Å². The molecule has 2 saturated heterocycles. The molecule has 0 aromatic heterocycles. The fourth-order valence-corrected chi connectivity index (χ4v) is 5.89. The summed E-state index contributed by atoms with van der Waals surface area (Å²) in [7, 11) is -3.77. The molecule has 0 spiro atoms. The smallest absolute Gasteiger partial charge is 0.371 e. The zero-order valence-electron chi connectivity index (χ0n) is 18.5. The lowest BCUT2D eigenvalue weighted by atomic mass is 10.1. The number of halogens is 3. The Morgan fingerprint density at radius 1 is 1.00 bits per heavy atom. The number of hydrogen-bond donors (Lipinski definition) is 0. The maximum absolute atomic E-state index is 13.3. The number of hydrogen-bond acceptors (Lipinski definition) is 4. The highest BCUT2D eigenvalue weighted by Gasteiger charge is 2.32. The van der Waals surface area contributed by atoms with Crippen LogP contribution >= 0.6 is 0 Å². The van der Waals surface area contributed by atoms with Gasteiger partial charge in [-0.2, -0.15) is 17.5 Å². The van der Waals surface area contributed by atoms with Crippen molar-refractivity contribution in [2.45, 2.75) is 62.9 Å².